The van der Waals surface area contributed by atoms with E-state index in [2.05, 4.69) is 11.5 Å². The second-order valence-electron chi connectivity index (χ2n) is 7.63. The fourth-order valence-corrected chi connectivity index (χ4v) is 4.63. The van der Waals surface area contributed by atoms with Crippen molar-refractivity contribution in [3.05, 3.63) is 45.5 Å². The molecule has 0 unspecified atom stereocenters. The summed E-state index contributed by atoms with van der Waals surface area (Å²) < 4.78 is 4.28. The van der Waals surface area contributed by atoms with Crippen molar-refractivity contribution in [2.75, 3.05) is 6.54 Å². The van der Waals surface area contributed by atoms with Crippen LogP contribution in [0.4, 0.5) is 0 Å². The Hall–Kier alpha value is -2.41. The Kier molecular flexibility index (Phi) is 3.93. The lowest BCUT2D eigenvalue weighted by Gasteiger charge is -2.27. The van der Waals surface area contributed by atoms with Gasteiger partial charge in [-0.05, 0) is 37.1 Å². The van der Waals surface area contributed by atoms with Crippen molar-refractivity contribution < 1.29 is 4.79 Å². The van der Waals surface area contributed by atoms with Crippen LogP contribution >= 0.6 is 11.3 Å². The van der Waals surface area contributed by atoms with Crippen LogP contribution in [0.15, 0.2) is 23.7 Å². The number of hydrogen-bond donors (Lipinski definition) is 0. The van der Waals surface area contributed by atoms with E-state index in [9.17, 15) is 4.79 Å². The van der Waals surface area contributed by atoms with Gasteiger partial charge in [0.15, 0.2) is 5.82 Å². The molecule has 1 aliphatic carbocycles. The highest BCUT2D eigenvalue weighted by atomic mass is 32.1. The minimum atomic E-state index is 0.114. The summed E-state index contributed by atoms with van der Waals surface area (Å²) in [5, 5.41) is 6.77. The maximum atomic E-state index is 12.8. The molecule has 1 saturated carbocycles. The van der Waals surface area contributed by atoms with E-state index in [-0.39, 0.29) is 5.91 Å². The molecule has 0 aromatic carbocycles. The van der Waals surface area contributed by atoms with Crippen LogP contribution in [-0.4, -0.2) is 36.7 Å². The molecule has 3 aromatic heterocycles. The zero-order chi connectivity index (χ0) is 18.5. The Labute approximate surface area is 162 Å². The molecule has 1 aliphatic heterocycles. The van der Waals surface area contributed by atoms with Crippen molar-refractivity contribution in [1.82, 2.24) is 24.2 Å². The van der Waals surface area contributed by atoms with Crippen molar-refractivity contribution in [1.29, 1.82) is 0 Å². The fraction of sp³-hybridized carbons (Fsp3) is 0.450. The van der Waals surface area contributed by atoms with Gasteiger partial charge < -0.3 is 9.47 Å². The third-order valence-corrected chi connectivity index (χ3v) is 6.52. The predicted molar refractivity (Wildman–Crippen MR) is 105 cm³/mol. The standard InChI is InChI=1S/C20H23N5OS/c1-13-10-21-19(25(13)11-14-5-6-14)18-15-12-24(8-7-16(15)23(2)22-18)20(26)17-4-3-9-27-17/h3-4,9-10,14H,5-8,11-12H2,1-2H3. The molecule has 5 rings (SSSR count). The lowest BCUT2D eigenvalue weighted by molar-refractivity contribution is 0.0738. The van der Waals surface area contributed by atoms with Gasteiger partial charge in [-0.1, -0.05) is 6.07 Å². The first-order valence-electron chi connectivity index (χ1n) is 9.52. The molecule has 0 atom stereocenters. The summed E-state index contributed by atoms with van der Waals surface area (Å²) in [6.45, 7) is 4.47. The van der Waals surface area contributed by atoms with E-state index in [0.29, 0.717) is 6.54 Å². The number of aryl methyl sites for hydroxylation is 2. The molecule has 0 N–H and O–H groups in total. The summed E-state index contributed by atoms with van der Waals surface area (Å²) in [4.78, 5) is 20.3. The van der Waals surface area contributed by atoms with Crippen LogP contribution in [-0.2, 0) is 26.6 Å². The molecule has 7 heteroatoms. The summed E-state index contributed by atoms with van der Waals surface area (Å²) >= 11 is 1.50. The Morgan fingerprint density at radius 2 is 2.22 bits per heavy atom. The molecule has 3 aromatic rings. The van der Waals surface area contributed by atoms with Crippen LogP contribution in [0.3, 0.4) is 0 Å². The van der Waals surface area contributed by atoms with Crippen LogP contribution in [0.2, 0.25) is 0 Å². The van der Waals surface area contributed by atoms with Crippen molar-refractivity contribution >= 4 is 17.2 Å². The van der Waals surface area contributed by atoms with Gasteiger partial charge in [-0.2, -0.15) is 5.10 Å². The molecule has 0 saturated heterocycles. The number of fused-ring (bicyclic) bond motifs is 1. The zero-order valence-electron chi connectivity index (χ0n) is 15.7. The molecule has 140 valence electrons. The summed E-state index contributed by atoms with van der Waals surface area (Å²) in [6, 6.07) is 3.83. The topological polar surface area (TPSA) is 56.0 Å². The first-order chi connectivity index (χ1) is 13.1. The summed E-state index contributed by atoms with van der Waals surface area (Å²) in [7, 11) is 2.00. The van der Waals surface area contributed by atoms with Gasteiger partial charge in [0.1, 0.15) is 5.69 Å². The van der Waals surface area contributed by atoms with Gasteiger partial charge in [0.05, 0.1) is 11.4 Å². The summed E-state index contributed by atoms with van der Waals surface area (Å²) in [6.07, 6.45) is 5.38. The lowest BCUT2D eigenvalue weighted by atomic mass is 10.0. The van der Waals surface area contributed by atoms with E-state index in [1.807, 2.05) is 40.3 Å². The molecule has 2 aliphatic rings. The van der Waals surface area contributed by atoms with Crippen molar-refractivity contribution in [3.63, 3.8) is 0 Å². The molecule has 1 fully saturated rings. The number of rotatable bonds is 4. The van der Waals surface area contributed by atoms with Crippen molar-refractivity contribution in [2.24, 2.45) is 13.0 Å². The first kappa shape index (κ1) is 16.7. The molecule has 4 heterocycles. The number of nitrogens with zero attached hydrogens (tertiary/aromatic N) is 5. The third kappa shape index (κ3) is 2.90. The smallest absolute Gasteiger partial charge is 0.264 e. The lowest BCUT2D eigenvalue weighted by Crippen LogP contribution is -2.36. The van der Waals surface area contributed by atoms with Crippen LogP contribution < -0.4 is 0 Å². The minimum absolute atomic E-state index is 0.114. The second kappa shape index (κ2) is 6.34. The molecular weight excluding hydrogens is 358 g/mol. The number of carbonyl (C=O) groups is 1. The Morgan fingerprint density at radius 1 is 1.37 bits per heavy atom. The average molecular weight is 382 g/mol. The molecule has 0 bridgehead atoms. The van der Waals surface area contributed by atoms with Gasteiger partial charge in [0.25, 0.3) is 5.91 Å². The summed E-state index contributed by atoms with van der Waals surface area (Å²) in [5.74, 6) is 1.83. The highest BCUT2D eigenvalue weighted by molar-refractivity contribution is 7.12. The monoisotopic (exact) mass is 381 g/mol. The van der Waals surface area contributed by atoms with E-state index in [0.717, 1.165) is 47.4 Å². The number of aromatic nitrogens is 4. The van der Waals surface area contributed by atoms with Gasteiger partial charge in [0, 0.05) is 49.7 Å². The van der Waals surface area contributed by atoms with E-state index >= 15 is 0 Å². The normalized spacial score (nSPS) is 16.6. The van der Waals surface area contributed by atoms with Gasteiger partial charge in [-0.15, -0.1) is 11.3 Å². The molecule has 27 heavy (non-hydrogen) atoms. The average Bonchev–Trinajstić information content (AvgIpc) is 3.04. The number of hydrogen-bond acceptors (Lipinski definition) is 4. The van der Waals surface area contributed by atoms with Crippen molar-refractivity contribution in [3.8, 4) is 11.5 Å². The molecule has 0 radical (unpaired) electrons. The third-order valence-electron chi connectivity index (χ3n) is 5.67. The first-order valence-corrected chi connectivity index (χ1v) is 10.4. The maximum Gasteiger partial charge on any atom is 0.264 e. The number of carbonyl (C=O) groups excluding carboxylic acids is 1. The van der Waals surface area contributed by atoms with Crippen LogP contribution in [0.25, 0.3) is 11.5 Å². The van der Waals surface area contributed by atoms with E-state index in [1.54, 1.807) is 0 Å². The Morgan fingerprint density at radius 3 is 2.96 bits per heavy atom. The van der Waals surface area contributed by atoms with Crippen LogP contribution in [0, 0.1) is 12.8 Å². The fourth-order valence-electron chi connectivity index (χ4n) is 3.94. The molecule has 1 amide bonds. The predicted octanol–water partition coefficient (Wildman–Crippen LogP) is 3.26. The van der Waals surface area contributed by atoms with Crippen molar-refractivity contribution in [2.45, 2.75) is 39.3 Å². The SMILES string of the molecule is Cc1cnc(-c2nn(C)c3c2CN(C(=O)c2cccs2)CC3)n1CC1CC1. The van der Waals surface area contributed by atoms with E-state index < -0.39 is 0 Å². The maximum absolute atomic E-state index is 12.8. The van der Waals surface area contributed by atoms with Gasteiger partial charge in [-0.3, -0.25) is 9.48 Å². The number of imidazole rings is 1. The van der Waals surface area contributed by atoms with Crippen LogP contribution in [0.5, 0.6) is 0 Å². The molecular formula is C20H23N5OS. The van der Waals surface area contributed by atoms with Gasteiger partial charge in [0.2, 0.25) is 0 Å². The number of thiophene rings is 1. The van der Waals surface area contributed by atoms with E-state index in [1.165, 1.54) is 35.6 Å². The Balaban J connectivity index is 1.51. The molecule has 0 spiro atoms. The highest BCUT2D eigenvalue weighted by Gasteiger charge is 2.31. The summed E-state index contributed by atoms with van der Waals surface area (Å²) in [5.41, 5.74) is 4.48. The van der Waals surface area contributed by atoms with E-state index in [4.69, 9.17) is 10.1 Å². The second-order valence-corrected chi connectivity index (χ2v) is 8.58. The van der Waals surface area contributed by atoms with Crippen LogP contribution in [0.1, 0.15) is 39.5 Å². The number of amides is 1. The zero-order valence-corrected chi connectivity index (χ0v) is 16.5. The highest BCUT2D eigenvalue weighted by Crippen LogP contribution is 2.35. The quantitative estimate of drug-likeness (QED) is 0.697. The largest absolute Gasteiger partial charge is 0.333 e. The minimum Gasteiger partial charge on any atom is -0.333 e. The Bertz CT molecular complexity index is 996. The van der Waals surface area contributed by atoms with Gasteiger partial charge in [-0.25, -0.2) is 4.98 Å². The molecule has 6 nitrogen and oxygen atoms in total. The van der Waals surface area contributed by atoms with Gasteiger partial charge >= 0.3 is 0 Å².